The van der Waals surface area contributed by atoms with Gasteiger partial charge in [0.15, 0.2) is 0 Å². The quantitative estimate of drug-likeness (QED) is 0.691. The maximum absolute atomic E-state index is 12.3. The summed E-state index contributed by atoms with van der Waals surface area (Å²) < 4.78 is 1.34. The number of carbonyl (C=O) groups is 2. The first kappa shape index (κ1) is 19.4. The zero-order valence-corrected chi connectivity index (χ0v) is 15.9. The van der Waals surface area contributed by atoms with Gasteiger partial charge in [-0.25, -0.2) is 0 Å². The fraction of sp³-hybridized carbons (Fsp3) is 0.0952. The Kier molecular flexibility index (Phi) is 5.91. The van der Waals surface area contributed by atoms with Crippen molar-refractivity contribution >= 4 is 34.8 Å². The largest absolute Gasteiger partial charge is 0.325 e. The molecule has 3 aromatic rings. The molecular formula is C21H18ClN3O3. The molecule has 2 N–H and O–H groups in total. The van der Waals surface area contributed by atoms with Gasteiger partial charge in [-0.2, -0.15) is 0 Å². The molecule has 0 aliphatic heterocycles. The van der Waals surface area contributed by atoms with Gasteiger partial charge in [0.05, 0.1) is 10.7 Å². The molecule has 2 amide bonds. The number of halogens is 1. The van der Waals surface area contributed by atoms with Gasteiger partial charge in [0.2, 0.25) is 5.91 Å². The summed E-state index contributed by atoms with van der Waals surface area (Å²) in [6, 6.07) is 16.5. The van der Waals surface area contributed by atoms with Crippen LogP contribution in [0.2, 0.25) is 5.02 Å². The zero-order valence-electron chi connectivity index (χ0n) is 15.1. The van der Waals surface area contributed by atoms with Gasteiger partial charge in [0.1, 0.15) is 6.54 Å². The number of para-hydroxylation sites is 1. The summed E-state index contributed by atoms with van der Waals surface area (Å²) in [6.07, 6.45) is 1.63. The van der Waals surface area contributed by atoms with E-state index >= 15 is 0 Å². The fourth-order valence-corrected chi connectivity index (χ4v) is 2.77. The average molecular weight is 396 g/mol. The van der Waals surface area contributed by atoms with Crippen molar-refractivity contribution < 1.29 is 9.59 Å². The van der Waals surface area contributed by atoms with Crippen LogP contribution < -0.4 is 16.2 Å². The molecule has 0 aliphatic rings. The number of aromatic nitrogens is 1. The Labute approximate surface area is 166 Å². The van der Waals surface area contributed by atoms with Crippen molar-refractivity contribution in [3.05, 3.63) is 93.4 Å². The minimum absolute atomic E-state index is 0.0880. The summed E-state index contributed by atoms with van der Waals surface area (Å²) in [5, 5.41) is 5.90. The predicted octanol–water partition coefficient (Wildman–Crippen LogP) is 3.70. The number of benzene rings is 2. The molecular weight excluding hydrogens is 378 g/mol. The molecule has 6 nitrogen and oxygen atoms in total. The first-order valence-electron chi connectivity index (χ1n) is 8.55. The topological polar surface area (TPSA) is 80.2 Å². The van der Waals surface area contributed by atoms with Gasteiger partial charge in [-0.15, -0.1) is 0 Å². The van der Waals surface area contributed by atoms with Crippen molar-refractivity contribution in [2.45, 2.75) is 13.5 Å². The molecule has 0 atom stereocenters. The van der Waals surface area contributed by atoms with E-state index < -0.39 is 0 Å². The van der Waals surface area contributed by atoms with Gasteiger partial charge < -0.3 is 15.2 Å². The van der Waals surface area contributed by atoms with E-state index in [9.17, 15) is 14.4 Å². The van der Waals surface area contributed by atoms with Crippen LogP contribution in [0.5, 0.6) is 0 Å². The molecule has 7 heteroatoms. The first-order valence-corrected chi connectivity index (χ1v) is 8.93. The fourth-order valence-electron chi connectivity index (χ4n) is 2.59. The lowest BCUT2D eigenvalue weighted by atomic mass is 10.2. The second kappa shape index (κ2) is 8.54. The Morgan fingerprint density at radius 2 is 1.68 bits per heavy atom. The van der Waals surface area contributed by atoms with E-state index in [0.29, 0.717) is 22.0 Å². The summed E-state index contributed by atoms with van der Waals surface area (Å²) in [7, 11) is 0. The van der Waals surface area contributed by atoms with E-state index in [2.05, 4.69) is 10.6 Å². The van der Waals surface area contributed by atoms with Gasteiger partial charge >= 0.3 is 0 Å². The molecule has 0 saturated heterocycles. The van der Waals surface area contributed by atoms with E-state index in [-0.39, 0.29) is 23.9 Å². The van der Waals surface area contributed by atoms with Crippen LogP contribution in [0.15, 0.2) is 71.7 Å². The Bertz CT molecular complexity index is 1070. The number of nitrogens with one attached hydrogen (secondary N) is 2. The van der Waals surface area contributed by atoms with Crippen molar-refractivity contribution in [1.82, 2.24) is 4.57 Å². The summed E-state index contributed by atoms with van der Waals surface area (Å²) in [6.45, 7) is 1.76. The third-order valence-corrected chi connectivity index (χ3v) is 4.33. The standard InChI is InChI=1S/C21H18ClN3O3/c1-14-6-11-20(27)25(12-14)13-19(26)23-16-9-7-15(8-10-16)21(28)24-18-5-3-2-4-17(18)22/h2-12H,13H2,1H3,(H,23,26)(H,24,28). The minimum Gasteiger partial charge on any atom is -0.325 e. The van der Waals surface area contributed by atoms with Crippen LogP contribution in [0.25, 0.3) is 0 Å². The Morgan fingerprint density at radius 1 is 0.964 bits per heavy atom. The number of carbonyl (C=O) groups excluding carboxylic acids is 2. The Hall–Kier alpha value is -3.38. The molecule has 0 aliphatic carbocycles. The van der Waals surface area contributed by atoms with Crippen LogP contribution in [0, 0.1) is 6.92 Å². The molecule has 0 bridgehead atoms. The van der Waals surface area contributed by atoms with Crippen LogP contribution in [0.1, 0.15) is 15.9 Å². The number of aryl methyl sites for hydroxylation is 1. The number of pyridine rings is 1. The van der Waals surface area contributed by atoms with Gasteiger partial charge in [0, 0.05) is 23.5 Å². The molecule has 2 aromatic carbocycles. The van der Waals surface area contributed by atoms with Gasteiger partial charge in [-0.3, -0.25) is 14.4 Å². The highest BCUT2D eigenvalue weighted by molar-refractivity contribution is 6.33. The monoisotopic (exact) mass is 395 g/mol. The smallest absolute Gasteiger partial charge is 0.255 e. The maximum Gasteiger partial charge on any atom is 0.255 e. The van der Waals surface area contributed by atoms with E-state index in [1.807, 2.05) is 6.92 Å². The molecule has 0 unspecified atom stereocenters. The lowest BCUT2D eigenvalue weighted by Crippen LogP contribution is -2.26. The third kappa shape index (κ3) is 4.86. The van der Waals surface area contributed by atoms with E-state index in [1.54, 1.807) is 60.8 Å². The van der Waals surface area contributed by atoms with Crippen LogP contribution in [0.4, 0.5) is 11.4 Å². The van der Waals surface area contributed by atoms with E-state index in [0.717, 1.165) is 5.56 Å². The minimum atomic E-state index is -0.332. The first-order chi connectivity index (χ1) is 13.4. The third-order valence-electron chi connectivity index (χ3n) is 4.00. The Morgan fingerprint density at radius 3 is 2.39 bits per heavy atom. The van der Waals surface area contributed by atoms with Crippen molar-refractivity contribution in [2.24, 2.45) is 0 Å². The van der Waals surface area contributed by atoms with Crippen molar-refractivity contribution in [3.63, 3.8) is 0 Å². The molecule has 0 saturated carbocycles. The summed E-state index contributed by atoms with van der Waals surface area (Å²) in [5.74, 6) is -0.641. The van der Waals surface area contributed by atoms with E-state index in [1.165, 1.54) is 10.6 Å². The molecule has 1 aromatic heterocycles. The highest BCUT2D eigenvalue weighted by Crippen LogP contribution is 2.21. The average Bonchev–Trinajstić information content (AvgIpc) is 2.67. The summed E-state index contributed by atoms with van der Waals surface area (Å²) >= 11 is 6.04. The molecule has 0 radical (unpaired) electrons. The second-order valence-corrected chi connectivity index (χ2v) is 6.64. The predicted molar refractivity (Wildman–Crippen MR) is 110 cm³/mol. The lowest BCUT2D eigenvalue weighted by Gasteiger charge is -2.09. The van der Waals surface area contributed by atoms with Crippen molar-refractivity contribution in [1.29, 1.82) is 0 Å². The van der Waals surface area contributed by atoms with Crippen molar-refractivity contribution in [3.8, 4) is 0 Å². The highest BCUT2D eigenvalue weighted by atomic mass is 35.5. The van der Waals surface area contributed by atoms with Crippen LogP contribution in [0.3, 0.4) is 0 Å². The summed E-state index contributed by atoms with van der Waals surface area (Å²) in [5.41, 5.74) is 2.12. The van der Waals surface area contributed by atoms with Gasteiger partial charge in [-0.1, -0.05) is 29.8 Å². The van der Waals surface area contributed by atoms with Crippen molar-refractivity contribution in [2.75, 3.05) is 10.6 Å². The number of hydrogen-bond donors (Lipinski definition) is 2. The second-order valence-electron chi connectivity index (χ2n) is 6.23. The number of nitrogens with zero attached hydrogens (tertiary/aromatic N) is 1. The number of hydrogen-bond acceptors (Lipinski definition) is 3. The maximum atomic E-state index is 12.3. The normalized spacial score (nSPS) is 10.4. The SMILES string of the molecule is Cc1ccc(=O)n(CC(=O)Nc2ccc(C(=O)Nc3ccccc3Cl)cc2)c1. The molecule has 28 heavy (non-hydrogen) atoms. The van der Waals surface area contributed by atoms with Gasteiger partial charge in [0.25, 0.3) is 11.5 Å². The van der Waals surface area contributed by atoms with Crippen LogP contribution in [-0.2, 0) is 11.3 Å². The molecule has 1 heterocycles. The van der Waals surface area contributed by atoms with E-state index in [4.69, 9.17) is 11.6 Å². The number of anilines is 2. The number of amides is 2. The van der Waals surface area contributed by atoms with Crippen LogP contribution in [-0.4, -0.2) is 16.4 Å². The summed E-state index contributed by atoms with van der Waals surface area (Å²) in [4.78, 5) is 36.3. The highest BCUT2D eigenvalue weighted by Gasteiger charge is 2.09. The zero-order chi connectivity index (χ0) is 20.1. The Balaban J connectivity index is 1.63. The molecule has 0 spiro atoms. The lowest BCUT2D eigenvalue weighted by molar-refractivity contribution is -0.116. The molecule has 3 rings (SSSR count). The number of rotatable bonds is 5. The molecule has 142 valence electrons. The van der Waals surface area contributed by atoms with Crippen LogP contribution >= 0.6 is 11.6 Å². The van der Waals surface area contributed by atoms with Gasteiger partial charge in [-0.05, 0) is 48.9 Å². The molecule has 0 fully saturated rings.